The van der Waals surface area contributed by atoms with E-state index in [1.54, 1.807) is 49.8 Å². The molecular weight excluding hydrogens is 336 g/mol. The topological polar surface area (TPSA) is 73.6 Å². The highest BCUT2D eigenvalue weighted by molar-refractivity contribution is 7.13. The zero-order valence-electron chi connectivity index (χ0n) is 13.9. The molecule has 1 amide bonds. The van der Waals surface area contributed by atoms with Gasteiger partial charge in [-0.15, -0.1) is 11.3 Å². The van der Waals surface area contributed by atoms with Gasteiger partial charge in [0.25, 0.3) is 5.91 Å². The predicted octanol–water partition coefficient (Wildman–Crippen LogP) is 4.27. The fourth-order valence-corrected chi connectivity index (χ4v) is 3.12. The van der Waals surface area contributed by atoms with Crippen LogP contribution in [-0.4, -0.2) is 20.1 Å². The molecule has 0 spiro atoms. The van der Waals surface area contributed by atoms with Crippen molar-refractivity contribution in [3.05, 3.63) is 59.5 Å². The molecule has 0 saturated carbocycles. The lowest BCUT2D eigenvalue weighted by molar-refractivity contribution is 0.102. The molecule has 0 fully saturated rings. The van der Waals surface area contributed by atoms with Gasteiger partial charge in [-0.05, 0) is 41.3 Å². The molecule has 25 heavy (non-hydrogen) atoms. The Kier molecular flexibility index (Phi) is 4.90. The Morgan fingerprint density at radius 1 is 1.04 bits per heavy atom. The van der Waals surface area contributed by atoms with E-state index in [1.165, 1.54) is 0 Å². The van der Waals surface area contributed by atoms with Crippen LogP contribution in [0.5, 0.6) is 11.5 Å². The third-order valence-electron chi connectivity index (χ3n) is 3.72. The average molecular weight is 354 g/mol. The highest BCUT2D eigenvalue weighted by Crippen LogP contribution is 2.31. The Balaban J connectivity index is 1.89. The van der Waals surface area contributed by atoms with Crippen LogP contribution < -0.4 is 20.5 Å². The van der Waals surface area contributed by atoms with Gasteiger partial charge < -0.3 is 20.5 Å². The summed E-state index contributed by atoms with van der Waals surface area (Å²) in [6, 6.07) is 14.6. The van der Waals surface area contributed by atoms with Crippen molar-refractivity contribution in [2.45, 2.75) is 0 Å². The number of methoxy groups -OCH3 is 2. The number of nitrogens with two attached hydrogens (primary N) is 1. The Morgan fingerprint density at radius 2 is 1.76 bits per heavy atom. The number of ether oxygens (including phenoxy) is 2. The number of thiophene rings is 1. The number of benzene rings is 2. The minimum absolute atomic E-state index is 0.285. The molecule has 0 unspecified atom stereocenters. The molecule has 3 rings (SSSR count). The van der Waals surface area contributed by atoms with Crippen molar-refractivity contribution in [3.8, 4) is 21.9 Å². The highest BCUT2D eigenvalue weighted by atomic mass is 32.1. The SMILES string of the molecule is COc1cc(OC)cc(C(=O)Nc2cc(-c3cccs3)ccc2N)c1. The van der Waals surface area contributed by atoms with Gasteiger partial charge in [0.15, 0.2) is 0 Å². The van der Waals surface area contributed by atoms with Crippen LogP contribution in [0.1, 0.15) is 10.4 Å². The van der Waals surface area contributed by atoms with Gasteiger partial charge in [0.1, 0.15) is 11.5 Å². The third-order valence-corrected chi connectivity index (χ3v) is 4.64. The van der Waals surface area contributed by atoms with Crippen LogP contribution in [0.2, 0.25) is 0 Å². The fourth-order valence-electron chi connectivity index (χ4n) is 2.39. The van der Waals surface area contributed by atoms with Gasteiger partial charge in [-0.25, -0.2) is 0 Å². The summed E-state index contributed by atoms with van der Waals surface area (Å²) in [7, 11) is 3.08. The molecule has 1 aromatic heterocycles. The average Bonchev–Trinajstić information content (AvgIpc) is 3.17. The zero-order valence-corrected chi connectivity index (χ0v) is 14.7. The zero-order chi connectivity index (χ0) is 17.8. The largest absolute Gasteiger partial charge is 0.497 e. The molecule has 6 heteroatoms. The molecule has 5 nitrogen and oxygen atoms in total. The van der Waals surface area contributed by atoms with Gasteiger partial charge in [-0.3, -0.25) is 4.79 Å². The van der Waals surface area contributed by atoms with Crippen molar-refractivity contribution in [2.24, 2.45) is 0 Å². The second-order valence-corrected chi connectivity index (χ2v) is 6.28. The third kappa shape index (κ3) is 3.75. The molecule has 0 radical (unpaired) electrons. The van der Waals surface area contributed by atoms with Crippen LogP contribution in [0.15, 0.2) is 53.9 Å². The predicted molar refractivity (Wildman–Crippen MR) is 102 cm³/mol. The molecule has 0 aliphatic carbocycles. The van der Waals surface area contributed by atoms with Crippen LogP contribution in [-0.2, 0) is 0 Å². The number of hydrogen-bond acceptors (Lipinski definition) is 5. The van der Waals surface area contributed by atoms with Gasteiger partial charge >= 0.3 is 0 Å². The summed E-state index contributed by atoms with van der Waals surface area (Å²) in [5.74, 6) is 0.807. The molecule has 3 N–H and O–H groups in total. The van der Waals surface area contributed by atoms with Gasteiger partial charge in [0.2, 0.25) is 0 Å². The lowest BCUT2D eigenvalue weighted by Crippen LogP contribution is -2.13. The van der Waals surface area contributed by atoms with Crippen molar-refractivity contribution in [1.29, 1.82) is 0 Å². The first-order valence-electron chi connectivity index (χ1n) is 7.58. The van der Waals surface area contributed by atoms with E-state index in [4.69, 9.17) is 15.2 Å². The smallest absolute Gasteiger partial charge is 0.255 e. The summed E-state index contributed by atoms with van der Waals surface area (Å²) >= 11 is 1.63. The maximum absolute atomic E-state index is 12.6. The normalized spacial score (nSPS) is 10.3. The molecule has 0 saturated heterocycles. The van der Waals surface area contributed by atoms with E-state index in [2.05, 4.69) is 5.32 Å². The number of rotatable bonds is 5. The van der Waals surface area contributed by atoms with Crippen LogP contribution >= 0.6 is 11.3 Å². The number of amides is 1. The van der Waals surface area contributed by atoms with Gasteiger partial charge in [-0.2, -0.15) is 0 Å². The Hall–Kier alpha value is -2.99. The second kappa shape index (κ2) is 7.27. The number of hydrogen-bond donors (Lipinski definition) is 2. The number of nitrogen functional groups attached to an aromatic ring is 1. The second-order valence-electron chi connectivity index (χ2n) is 5.33. The number of carbonyl (C=O) groups excluding carboxylic acids is 1. The minimum Gasteiger partial charge on any atom is -0.497 e. The molecule has 0 aliphatic rings. The Morgan fingerprint density at radius 3 is 2.36 bits per heavy atom. The first kappa shape index (κ1) is 16.9. The van der Waals surface area contributed by atoms with E-state index in [9.17, 15) is 4.79 Å². The highest BCUT2D eigenvalue weighted by Gasteiger charge is 2.12. The number of nitrogens with one attached hydrogen (secondary N) is 1. The van der Waals surface area contributed by atoms with E-state index in [0.717, 1.165) is 10.4 Å². The summed E-state index contributed by atoms with van der Waals surface area (Å²) in [4.78, 5) is 13.7. The van der Waals surface area contributed by atoms with Crippen molar-refractivity contribution in [2.75, 3.05) is 25.3 Å². The molecular formula is C19H18N2O3S. The lowest BCUT2D eigenvalue weighted by Gasteiger charge is -2.12. The maximum atomic E-state index is 12.6. The summed E-state index contributed by atoms with van der Waals surface area (Å²) in [6.45, 7) is 0. The summed E-state index contributed by atoms with van der Waals surface area (Å²) < 4.78 is 10.4. The molecule has 1 heterocycles. The molecule has 128 valence electrons. The molecule has 3 aromatic rings. The first-order valence-corrected chi connectivity index (χ1v) is 8.46. The fraction of sp³-hybridized carbons (Fsp3) is 0.105. The quantitative estimate of drug-likeness (QED) is 0.671. The van der Waals surface area contributed by atoms with E-state index in [1.807, 2.05) is 29.6 Å². The molecule has 0 atom stereocenters. The van der Waals surface area contributed by atoms with Crippen molar-refractivity contribution in [1.82, 2.24) is 0 Å². The van der Waals surface area contributed by atoms with Crippen molar-refractivity contribution >= 4 is 28.6 Å². The van der Waals surface area contributed by atoms with Crippen LogP contribution in [0, 0.1) is 0 Å². The maximum Gasteiger partial charge on any atom is 0.255 e. The van der Waals surface area contributed by atoms with Crippen molar-refractivity contribution < 1.29 is 14.3 Å². The summed E-state index contributed by atoms with van der Waals surface area (Å²) in [6.07, 6.45) is 0. The van der Waals surface area contributed by atoms with Crippen LogP contribution in [0.3, 0.4) is 0 Å². The van der Waals surface area contributed by atoms with Gasteiger partial charge in [0, 0.05) is 16.5 Å². The van der Waals surface area contributed by atoms with E-state index >= 15 is 0 Å². The minimum atomic E-state index is -0.285. The van der Waals surface area contributed by atoms with Crippen molar-refractivity contribution in [3.63, 3.8) is 0 Å². The number of anilines is 2. The Bertz CT molecular complexity index is 869. The standard InChI is InChI=1S/C19H18N2O3S/c1-23-14-8-13(9-15(11-14)24-2)19(22)21-17-10-12(5-6-16(17)20)18-4-3-7-25-18/h3-11H,20H2,1-2H3,(H,21,22). The monoisotopic (exact) mass is 354 g/mol. The van der Waals surface area contributed by atoms with Gasteiger partial charge in [-0.1, -0.05) is 12.1 Å². The van der Waals surface area contributed by atoms with Gasteiger partial charge in [0.05, 0.1) is 25.6 Å². The van der Waals surface area contributed by atoms with E-state index < -0.39 is 0 Å². The Labute approximate surface area is 150 Å². The van der Waals surface area contributed by atoms with E-state index in [0.29, 0.717) is 28.4 Å². The van der Waals surface area contributed by atoms with Crippen LogP contribution in [0.4, 0.5) is 11.4 Å². The van der Waals surface area contributed by atoms with E-state index in [-0.39, 0.29) is 5.91 Å². The molecule has 0 aliphatic heterocycles. The van der Waals surface area contributed by atoms with Crippen LogP contribution in [0.25, 0.3) is 10.4 Å². The molecule has 2 aromatic carbocycles. The summed E-state index contributed by atoms with van der Waals surface area (Å²) in [5, 5.41) is 4.87. The molecule has 0 bridgehead atoms. The lowest BCUT2D eigenvalue weighted by atomic mass is 10.1. The summed E-state index contributed by atoms with van der Waals surface area (Å²) in [5.41, 5.74) is 8.52. The first-order chi connectivity index (χ1) is 12.1. The number of carbonyl (C=O) groups is 1.